The maximum Gasteiger partial charge on any atom is 0.288 e. The van der Waals surface area contributed by atoms with Gasteiger partial charge < -0.3 is 15.4 Å². The van der Waals surface area contributed by atoms with E-state index < -0.39 is 10.8 Å². The molecule has 21 heavy (non-hydrogen) atoms. The highest BCUT2D eigenvalue weighted by Gasteiger charge is 2.22. The van der Waals surface area contributed by atoms with Crippen molar-refractivity contribution >= 4 is 17.4 Å². The summed E-state index contributed by atoms with van der Waals surface area (Å²) < 4.78 is 5.46. The molecule has 0 unspecified atom stereocenters. The molecule has 2 rings (SSSR count). The minimum absolute atomic E-state index is 0.0173. The lowest BCUT2D eigenvalue weighted by molar-refractivity contribution is -0.385. The van der Waals surface area contributed by atoms with Gasteiger partial charge in [0.05, 0.1) is 17.1 Å². The van der Waals surface area contributed by atoms with Crippen LogP contribution in [0.1, 0.15) is 23.2 Å². The van der Waals surface area contributed by atoms with Gasteiger partial charge in [-0.1, -0.05) is 0 Å². The predicted molar refractivity (Wildman–Crippen MR) is 75.8 cm³/mol. The minimum Gasteiger partial charge on any atom is -0.383 e. The first-order chi connectivity index (χ1) is 9.99. The summed E-state index contributed by atoms with van der Waals surface area (Å²) in [6.07, 6.45) is 3.46. The third kappa shape index (κ3) is 4.12. The van der Waals surface area contributed by atoms with Gasteiger partial charge in [0.15, 0.2) is 0 Å². The summed E-state index contributed by atoms with van der Waals surface area (Å²) in [5.74, 6) is 0.248. The Hall–Kier alpha value is -2.22. The summed E-state index contributed by atoms with van der Waals surface area (Å²) in [6, 6.07) is 1.15. The molecule has 1 aromatic rings. The Kier molecular flexibility index (Phi) is 4.69. The highest BCUT2D eigenvalue weighted by atomic mass is 16.6. The van der Waals surface area contributed by atoms with E-state index in [9.17, 15) is 14.9 Å². The van der Waals surface area contributed by atoms with E-state index in [4.69, 9.17) is 10.5 Å². The number of aromatic nitrogens is 1. The van der Waals surface area contributed by atoms with Crippen molar-refractivity contribution in [3.05, 3.63) is 27.9 Å². The average molecular weight is 294 g/mol. The van der Waals surface area contributed by atoms with E-state index in [0.29, 0.717) is 19.1 Å². The maximum atomic E-state index is 12.2. The van der Waals surface area contributed by atoms with Crippen LogP contribution in [0.2, 0.25) is 0 Å². The number of pyridine rings is 1. The van der Waals surface area contributed by atoms with Crippen molar-refractivity contribution in [2.75, 3.05) is 32.5 Å². The third-order valence-electron chi connectivity index (χ3n) is 3.31. The predicted octanol–water partition coefficient (Wildman–Crippen LogP) is 1.07. The van der Waals surface area contributed by atoms with Crippen molar-refractivity contribution in [1.29, 1.82) is 0 Å². The Balaban J connectivity index is 1.93. The first-order valence-electron chi connectivity index (χ1n) is 6.72. The second-order valence-corrected chi connectivity index (χ2v) is 5.13. The molecular weight excluding hydrogens is 276 g/mol. The van der Waals surface area contributed by atoms with Crippen molar-refractivity contribution in [3.63, 3.8) is 0 Å². The van der Waals surface area contributed by atoms with Gasteiger partial charge in [-0.3, -0.25) is 14.9 Å². The Morgan fingerprint density at radius 2 is 2.33 bits per heavy atom. The van der Waals surface area contributed by atoms with Crippen LogP contribution in [0.4, 0.5) is 11.5 Å². The van der Waals surface area contributed by atoms with Crippen molar-refractivity contribution in [3.8, 4) is 0 Å². The van der Waals surface area contributed by atoms with E-state index in [2.05, 4.69) is 4.98 Å². The van der Waals surface area contributed by atoms with Crippen molar-refractivity contribution in [1.82, 2.24) is 9.88 Å². The van der Waals surface area contributed by atoms with Crippen LogP contribution >= 0.6 is 0 Å². The molecule has 1 aromatic heterocycles. The molecule has 1 fully saturated rings. The molecule has 0 saturated heterocycles. The lowest BCUT2D eigenvalue weighted by Crippen LogP contribution is -2.31. The summed E-state index contributed by atoms with van der Waals surface area (Å²) >= 11 is 0. The first-order valence-corrected chi connectivity index (χ1v) is 6.72. The molecule has 1 heterocycles. The zero-order valence-corrected chi connectivity index (χ0v) is 11.8. The monoisotopic (exact) mass is 294 g/mol. The highest BCUT2D eigenvalue weighted by molar-refractivity contribution is 5.98. The molecule has 0 atom stereocenters. The molecule has 0 radical (unpaired) electrons. The zero-order chi connectivity index (χ0) is 15.4. The van der Waals surface area contributed by atoms with Crippen molar-refractivity contribution in [2.24, 2.45) is 5.92 Å². The van der Waals surface area contributed by atoms with E-state index >= 15 is 0 Å². The topological polar surface area (TPSA) is 112 Å². The molecule has 2 N–H and O–H groups in total. The Labute approximate surface area is 122 Å². The molecule has 1 saturated carbocycles. The number of anilines is 1. The van der Waals surface area contributed by atoms with Gasteiger partial charge in [-0.25, -0.2) is 4.98 Å². The Morgan fingerprint density at radius 3 is 2.95 bits per heavy atom. The van der Waals surface area contributed by atoms with Crippen LogP contribution in [0.15, 0.2) is 12.3 Å². The number of nitrogens with two attached hydrogens (primary N) is 1. The average Bonchev–Trinajstić information content (AvgIpc) is 3.27. The van der Waals surface area contributed by atoms with E-state index in [1.54, 1.807) is 7.05 Å². The number of hydrogen-bond acceptors (Lipinski definition) is 6. The lowest BCUT2D eigenvalue weighted by atomic mass is 10.2. The summed E-state index contributed by atoms with van der Waals surface area (Å²) in [4.78, 5) is 27.4. The van der Waals surface area contributed by atoms with Crippen LogP contribution in [0.5, 0.6) is 0 Å². The lowest BCUT2D eigenvalue weighted by Gasteiger charge is -2.17. The number of ether oxygens (including phenoxy) is 1. The van der Waals surface area contributed by atoms with Crippen LogP contribution in [0.3, 0.4) is 0 Å². The second-order valence-electron chi connectivity index (χ2n) is 5.13. The molecule has 0 bridgehead atoms. The molecule has 1 aliphatic carbocycles. The van der Waals surface area contributed by atoms with Crippen LogP contribution in [-0.4, -0.2) is 47.5 Å². The number of rotatable bonds is 7. The third-order valence-corrected chi connectivity index (χ3v) is 3.31. The largest absolute Gasteiger partial charge is 0.383 e. The van der Waals surface area contributed by atoms with Crippen LogP contribution in [-0.2, 0) is 4.74 Å². The first kappa shape index (κ1) is 15.2. The number of nitro groups is 1. The summed E-state index contributed by atoms with van der Waals surface area (Å²) in [7, 11) is 1.60. The van der Waals surface area contributed by atoms with E-state index in [1.807, 2.05) is 0 Å². The summed E-state index contributed by atoms with van der Waals surface area (Å²) in [5.41, 5.74) is 5.40. The van der Waals surface area contributed by atoms with Gasteiger partial charge in [0.1, 0.15) is 12.0 Å². The number of likely N-dealkylation sites (N-methyl/N-ethyl adjacent to an activating group) is 1. The molecule has 8 heteroatoms. The molecular formula is C13H18N4O4. The summed E-state index contributed by atoms with van der Waals surface area (Å²) in [5, 5.41) is 10.7. The van der Waals surface area contributed by atoms with Crippen molar-refractivity contribution in [2.45, 2.75) is 12.8 Å². The minimum atomic E-state index is -0.609. The quantitative estimate of drug-likeness (QED) is 0.457. The molecule has 0 aliphatic heterocycles. The number of amides is 1. The van der Waals surface area contributed by atoms with Crippen LogP contribution in [0.25, 0.3) is 0 Å². The number of carbonyl (C=O) groups excluding carboxylic acids is 1. The van der Waals surface area contributed by atoms with Gasteiger partial charge in [-0.2, -0.15) is 0 Å². The molecule has 8 nitrogen and oxygen atoms in total. The maximum absolute atomic E-state index is 12.2. The van der Waals surface area contributed by atoms with Gasteiger partial charge in [-0.05, 0) is 18.8 Å². The normalized spacial score (nSPS) is 14.0. The smallest absolute Gasteiger partial charge is 0.288 e. The van der Waals surface area contributed by atoms with E-state index in [-0.39, 0.29) is 17.1 Å². The van der Waals surface area contributed by atoms with Crippen molar-refractivity contribution < 1.29 is 14.5 Å². The molecule has 1 aliphatic rings. The number of nitrogen functional groups attached to an aromatic ring is 1. The van der Waals surface area contributed by atoms with E-state index in [0.717, 1.165) is 18.9 Å². The highest BCUT2D eigenvalue weighted by Crippen LogP contribution is 2.28. The van der Waals surface area contributed by atoms with Gasteiger partial charge in [0.2, 0.25) is 0 Å². The second kappa shape index (κ2) is 6.49. The SMILES string of the molecule is CN(CCOCC1CC1)C(=O)c1cc([N+](=O)[O-])cnc1N. The zero-order valence-electron chi connectivity index (χ0n) is 11.8. The van der Waals surface area contributed by atoms with E-state index in [1.165, 1.54) is 17.7 Å². The molecule has 0 spiro atoms. The van der Waals surface area contributed by atoms with Gasteiger partial charge in [0, 0.05) is 26.3 Å². The fraction of sp³-hybridized carbons (Fsp3) is 0.538. The molecule has 114 valence electrons. The molecule has 1 amide bonds. The number of carbonyl (C=O) groups is 1. The Bertz CT molecular complexity index is 545. The number of nitrogens with zero attached hydrogens (tertiary/aromatic N) is 3. The Morgan fingerprint density at radius 1 is 1.62 bits per heavy atom. The van der Waals surface area contributed by atoms with Gasteiger partial charge in [0.25, 0.3) is 11.6 Å². The molecule has 0 aromatic carbocycles. The standard InChI is InChI=1S/C13H18N4O4/c1-16(4-5-21-8-9-2-3-9)13(18)11-6-10(17(19)20)7-15-12(11)14/h6-7,9H,2-5,8H2,1H3,(H2,14,15). The fourth-order valence-electron chi connectivity index (χ4n) is 1.78. The van der Waals surface area contributed by atoms with Gasteiger partial charge >= 0.3 is 0 Å². The summed E-state index contributed by atoms with van der Waals surface area (Å²) in [6.45, 7) is 1.55. The van der Waals surface area contributed by atoms with Crippen LogP contribution in [0, 0.1) is 16.0 Å². The van der Waals surface area contributed by atoms with Gasteiger partial charge in [-0.15, -0.1) is 0 Å². The fourth-order valence-corrected chi connectivity index (χ4v) is 1.78. The number of hydrogen-bond donors (Lipinski definition) is 1. The van der Waals surface area contributed by atoms with Crippen LogP contribution < -0.4 is 5.73 Å².